The average Bonchev–Trinajstić information content (AvgIpc) is 2.68. The lowest BCUT2D eigenvalue weighted by Gasteiger charge is -2.35. The highest BCUT2D eigenvalue weighted by molar-refractivity contribution is 5.80. The van der Waals surface area contributed by atoms with Crippen LogP contribution in [0, 0.1) is 5.82 Å². The molecule has 3 rings (SSSR count). The topological polar surface area (TPSA) is 48.9 Å². The number of nitrogens with zero attached hydrogens (tertiary/aromatic N) is 2. The first kappa shape index (κ1) is 18.7. The normalized spacial score (nSPS) is 21.3. The van der Waals surface area contributed by atoms with Crippen LogP contribution in [0.4, 0.5) is 10.1 Å². The molecule has 6 heteroatoms. The molecule has 2 N–H and O–H groups in total. The van der Waals surface area contributed by atoms with Crippen molar-refractivity contribution < 1.29 is 9.13 Å². The first-order valence-corrected chi connectivity index (χ1v) is 9.48. The van der Waals surface area contributed by atoms with Gasteiger partial charge in [-0.05, 0) is 43.9 Å². The predicted molar refractivity (Wildman–Crippen MR) is 104 cm³/mol. The predicted octanol–water partition coefficient (Wildman–Crippen LogP) is 2.70. The molecule has 0 bridgehead atoms. The van der Waals surface area contributed by atoms with E-state index in [-0.39, 0.29) is 5.82 Å². The van der Waals surface area contributed by atoms with Gasteiger partial charge < -0.3 is 20.3 Å². The zero-order valence-corrected chi connectivity index (χ0v) is 15.5. The summed E-state index contributed by atoms with van der Waals surface area (Å²) in [5.41, 5.74) is 2.40. The van der Waals surface area contributed by atoms with Gasteiger partial charge in [-0.1, -0.05) is 17.7 Å². The van der Waals surface area contributed by atoms with E-state index in [1.807, 2.05) is 6.07 Å². The smallest absolute Gasteiger partial charge is 0.191 e. The summed E-state index contributed by atoms with van der Waals surface area (Å²) in [6, 6.07) is 7.15. The number of aliphatic imine (C=N–C) groups is 1. The van der Waals surface area contributed by atoms with Crippen molar-refractivity contribution in [2.45, 2.75) is 31.7 Å². The molecule has 1 aromatic carbocycles. The van der Waals surface area contributed by atoms with Crippen LogP contribution in [0.5, 0.6) is 0 Å². The molecule has 5 nitrogen and oxygen atoms in total. The van der Waals surface area contributed by atoms with Gasteiger partial charge in [0.05, 0.1) is 13.2 Å². The number of anilines is 1. The highest BCUT2D eigenvalue weighted by Gasteiger charge is 2.21. The van der Waals surface area contributed by atoms with Gasteiger partial charge in [0.25, 0.3) is 0 Å². The van der Waals surface area contributed by atoms with Gasteiger partial charge >= 0.3 is 0 Å². The Morgan fingerprint density at radius 2 is 2.35 bits per heavy atom. The Balaban J connectivity index is 1.47. The minimum absolute atomic E-state index is 0.183. The summed E-state index contributed by atoms with van der Waals surface area (Å²) >= 11 is 0. The largest absolute Gasteiger partial charge is 0.377 e. The number of piperidine rings is 1. The van der Waals surface area contributed by atoms with Crippen molar-refractivity contribution in [3.8, 4) is 0 Å². The summed E-state index contributed by atoms with van der Waals surface area (Å²) < 4.78 is 18.8. The van der Waals surface area contributed by atoms with E-state index in [0.29, 0.717) is 6.04 Å². The van der Waals surface area contributed by atoms with Gasteiger partial charge in [-0.3, -0.25) is 4.99 Å². The maximum atomic E-state index is 13.5. The van der Waals surface area contributed by atoms with Gasteiger partial charge in [0.2, 0.25) is 0 Å². The quantitative estimate of drug-likeness (QED) is 0.482. The van der Waals surface area contributed by atoms with Crippen LogP contribution in [0.2, 0.25) is 0 Å². The Labute approximate surface area is 155 Å². The van der Waals surface area contributed by atoms with Gasteiger partial charge in [0.15, 0.2) is 5.96 Å². The van der Waals surface area contributed by atoms with E-state index in [1.165, 1.54) is 11.6 Å². The fourth-order valence-electron chi connectivity index (χ4n) is 3.52. The van der Waals surface area contributed by atoms with E-state index in [0.717, 1.165) is 70.2 Å². The molecule has 1 aromatic rings. The van der Waals surface area contributed by atoms with Crippen LogP contribution < -0.4 is 15.5 Å². The molecule has 26 heavy (non-hydrogen) atoms. The SMILES string of the molecule is CN=C(NCCC1=CCOCC1)NC1CCCN(c2cccc(F)c2)C1. The molecule has 0 aliphatic carbocycles. The fourth-order valence-corrected chi connectivity index (χ4v) is 3.52. The number of guanidine groups is 1. The summed E-state index contributed by atoms with van der Waals surface area (Å²) in [7, 11) is 1.80. The molecular weight excluding hydrogens is 331 g/mol. The lowest BCUT2D eigenvalue weighted by molar-refractivity contribution is 0.153. The summed E-state index contributed by atoms with van der Waals surface area (Å²) in [5.74, 6) is 0.654. The Bertz CT molecular complexity index is 646. The molecule has 1 atom stereocenters. The Hall–Kier alpha value is -2.08. The third-order valence-electron chi connectivity index (χ3n) is 4.96. The molecule has 2 aliphatic heterocycles. The van der Waals surface area contributed by atoms with Gasteiger partial charge in [-0.25, -0.2) is 4.39 Å². The summed E-state index contributed by atoms with van der Waals surface area (Å²) in [6.07, 6.45) is 6.40. The highest BCUT2D eigenvalue weighted by atomic mass is 19.1. The lowest BCUT2D eigenvalue weighted by atomic mass is 10.0. The number of rotatable bonds is 5. The summed E-state index contributed by atoms with van der Waals surface area (Å²) in [4.78, 5) is 6.59. The Morgan fingerprint density at radius 3 is 3.12 bits per heavy atom. The molecule has 0 amide bonds. The first-order valence-electron chi connectivity index (χ1n) is 9.48. The van der Waals surface area contributed by atoms with E-state index in [2.05, 4.69) is 26.6 Å². The second-order valence-corrected chi connectivity index (χ2v) is 6.85. The number of hydrogen-bond donors (Lipinski definition) is 2. The van der Waals surface area contributed by atoms with Gasteiger partial charge in [0, 0.05) is 38.4 Å². The molecular formula is C20H29FN4O. The van der Waals surface area contributed by atoms with Crippen molar-refractivity contribution in [3.63, 3.8) is 0 Å². The molecule has 0 saturated carbocycles. The number of halogens is 1. The Morgan fingerprint density at radius 1 is 1.42 bits per heavy atom. The second kappa shape index (κ2) is 9.57. The summed E-state index contributed by atoms with van der Waals surface area (Å²) in [6.45, 7) is 4.25. The van der Waals surface area contributed by atoms with E-state index in [9.17, 15) is 4.39 Å². The second-order valence-electron chi connectivity index (χ2n) is 6.85. The molecule has 1 fully saturated rings. The average molecular weight is 360 g/mol. The molecule has 1 unspecified atom stereocenters. The van der Waals surface area contributed by atoms with E-state index in [1.54, 1.807) is 19.2 Å². The lowest BCUT2D eigenvalue weighted by Crippen LogP contribution is -2.51. The van der Waals surface area contributed by atoms with Crippen molar-refractivity contribution in [2.75, 3.05) is 44.8 Å². The van der Waals surface area contributed by atoms with Gasteiger partial charge in [0.1, 0.15) is 5.82 Å². The van der Waals surface area contributed by atoms with Crippen LogP contribution in [0.1, 0.15) is 25.7 Å². The number of nitrogens with one attached hydrogen (secondary N) is 2. The number of hydrogen-bond acceptors (Lipinski definition) is 3. The maximum Gasteiger partial charge on any atom is 0.191 e. The highest BCUT2D eigenvalue weighted by Crippen LogP contribution is 2.20. The molecule has 142 valence electrons. The molecule has 2 heterocycles. The molecule has 0 radical (unpaired) electrons. The van der Waals surface area contributed by atoms with Crippen molar-refractivity contribution in [3.05, 3.63) is 41.7 Å². The minimum Gasteiger partial charge on any atom is -0.377 e. The van der Waals surface area contributed by atoms with Crippen LogP contribution in [0.25, 0.3) is 0 Å². The molecule has 1 saturated heterocycles. The van der Waals surface area contributed by atoms with Crippen molar-refractivity contribution in [2.24, 2.45) is 4.99 Å². The van der Waals surface area contributed by atoms with E-state index < -0.39 is 0 Å². The fraction of sp³-hybridized carbons (Fsp3) is 0.550. The Kier molecular flexibility index (Phi) is 6.89. The third-order valence-corrected chi connectivity index (χ3v) is 4.96. The monoisotopic (exact) mass is 360 g/mol. The van der Waals surface area contributed by atoms with Crippen molar-refractivity contribution >= 4 is 11.6 Å². The van der Waals surface area contributed by atoms with E-state index in [4.69, 9.17) is 4.74 Å². The standard InChI is InChI=1S/C20H29FN4O/c1-22-20(23-10-7-16-8-12-26-13-9-16)24-18-5-3-11-25(15-18)19-6-2-4-17(21)14-19/h2,4,6,8,14,18H,3,5,7,9-13,15H2,1H3,(H2,22,23,24). The van der Waals surface area contributed by atoms with E-state index >= 15 is 0 Å². The van der Waals surface area contributed by atoms with Crippen LogP contribution >= 0.6 is 0 Å². The maximum absolute atomic E-state index is 13.5. The van der Waals surface area contributed by atoms with Crippen LogP contribution in [-0.4, -0.2) is 51.9 Å². The third kappa shape index (κ3) is 5.46. The zero-order valence-electron chi connectivity index (χ0n) is 15.5. The number of ether oxygens (including phenoxy) is 1. The molecule has 2 aliphatic rings. The zero-order chi connectivity index (χ0) is 18.2. The minimum atomic E-state index is -0.183. The van der Waals surface area contributed by atoms with Crippen molar-refractivity contribution in [1.82, 2.24) is 10.6 Å². The number of benzene rings is 1. The van der Waals surface area contributed by atoms with Crippen molar-refractivity contribution in [1.29, 1.82) is 0 Å². The van der Waals surface area contributed by atoms with Gasteiger partial charge in [-0.2, -0.15) is 0 Å². The first-order chi connectivity index (χ1) is 12.7. The van der Waals surface area contributed by atoms with Crippen LogP contribution in [-0.2, 0) is 4.74 Å². The summed E-state index contributed by atoms with van der Waals surface area (Å²) in [5, 5.41) is 6.92. The molecule has 0 spiro atoms. The van der Waals surface area contributed by atoms with Crippen LogP contribution in [0.3, 0.4) is 0 Å². The van der Waals surface area contributed by atoms with Gasteiger partial charge in [-0.15, -0.1) is 0 Å². The molecule has 0 aromatic heterocycles. The van der Waals surface area contributed by atoms with Crippen LogP contribution in [0.15, 0.2) is 40.9 Å².